The topological polar surface area (TPSA) is 3.24 Å². The van der Waals surface area contributed by atoms with Crippen molar-refractivity contribution < 1.29 is 0 Å². The maximum atomic E-state index is 2.33. The van der Waals surface area contributed by atoms with Gasteiger partial charge in [-0.15, -0.1) is 0 Å². The van der Waals surface area contributed by atoms with Crippen molar-refractivity contribution in [2.75, 3.05) is 7.05 Å². The van der Waals surface area contributed by atoms with E-state index in [2.05, 4.69) is 39.6 Å². The molecule has 0 radical (unpaired) electrons. The van der Waals surface area contributed by atoms with Crippen LogP contribution in [0.4, 0.5) is 0 Å². The van der Waals surface area contributed by atoms with Crippen LogP contribution in [0.15, 0.2) is 0 Å². The Labute approximate surface area is 66.4 Å². The fourth-order valence-corrected chi connectivity index (χ4v) is 0.596. The molecule has 0 N–H and O–H groups in total. The first kappa shape index (κ1) is 12.6. The number of rotatable bonds is 2. The van der Waals surface area contributed by atoms with Gasteiger partial charge in [-0.2, -0.15) is 0 Å². The van der Waals surface area contributed by atoms with Crippen LogP contribution >= 0.6 is 0 Å². The lowest BCUT2D eigenvalue weighted by Gasteiger charge is -2.24. The van der Waals surface area contributed by atoms with Gasteiger partial charge in [-0.1, -0.05) is 13.8 Å². The van der Waals surface area contributed by atoms with E-state index in [9.17, 15) is 0 Å². The van der Waals surface area contributed by atoms with E-state index in [1.165, 1.54) is 0 Å². The summed E-state index contributed by atoms with van der Waals surface area (Å²) in [7, 11) is 2.15. The summed E-state index contributed by atoms with van der Waals surface area (Å²) in [5.74, 6) is 0. The van der Waals surface area contributed by atoms with E-state index in [-0.39, 0.29) is 0 Å². The molecule has 0 aromatic carbocycles. The van der Waals surface area contributed by atoms with Crippen LogP contribution in [0.3, 0.4) is 0 Å². The summed E-state index contributed by atoms with van der Waals surface area (Å²) in [6, 6.07) is 1.35. The van der Waals surface area contributed by atoms with E-state index in [0.717, 1.165) is 0 Å². The average molecular weight is 145 g/mol. The monoisotopic (exact) mass is 145 g/mol. The fourth-order valence-electron chi connectivity index (χ4n) is 0.596. The lowest BCUT2D eigenvalue weighted by molar-refractivity contribution is 0.222. The van der Waals surface area contributed by atoms with Gasteiger partial charge in [0.2, 0.25) is 0 Å². The van der Waals surface area contributed by atoms with Gasteiger partial charge < -0.3 is 4.90 Å². The van der Waals surface area contributed by atoms with E-state index in [1.54, 1.807) is 0 Å². The van der Waals surface area contributed by atoms with Gasteiger partial charge in [0.15, 0.2) is 0 Å². The largest absolute Gasteiger partial charge is 0.302 e. The Bertz CT molecular complexity index is 49.7. The molecule has 0 spiro atoms. The molecular formula is C9H23N. The van der Waals surface area contributed by atoms with Gasteiger partial charge in [-0.25, -0.2) is 0 Å². The third kappa shape index (κ3) is 6.09. The molecule has 64 valence electrons. The Balaban J connectivity index is 0. The van der Waals surface area contributed by atoms with Crippen LogP contribution in [-0.2, 0) is 0 Å². The van der Waals surface area contributed by atoms with Crippen LogP contribution < -0.4 is 0 Å². The minimum absolute atomic E-state index is 0.676. The lowest BCUT2D eigenvalue weighted by Crippen LogP contribution is -2.32. The Morgan fingerprint density at radius 1 is 0.800 bits per heavy atom. The summed E-state index contributed by atoms with van der Waals surface area (Å²) in [6.07, 6.45) is 0. The third-order valence-electron chi connectivity index (χ3n) is 1.63. The van der Waals surface area contributed by atoms with Crippen LogP contribution in [-0.4, -0.2) is 24.0 Å². The zero-order valence-electron chi connectivity index (χ0n) is 8.60. The molecule has 0 unspecified atom stereocenters. The molecule has 0 bridgehead atoms. The molecule has 10 heavy (non-hydrogen) atoms. The second-order valence-corrected chi connectivity index (χ2v) is 2.85. The first-order chi connectivity index (χ1) is 4.55. The summed E-state index contributed by atoms with van der Waals surface area (Å²) in [4.78, 5) is 2.33. The van der Waals surface area contributed by atoms with Gasteiger partial charge in [0.25, 0.3) is 0 Å². The van der Waals surface area contributed by atoms with E-state index in [0.29, 0.717) is 12.1 Å². The van der Waals surface area contributed by atoms with Gasteiger partial charge in [0.1, 0.15) is 0 Å². The van der Waals surface area contributed by atoms with Crippen molar-refractivity contribution in [3.8, 4) is 0 Å². The highest BCUT2D eigenvalue weighted by molar-refractivity contribution is 4.60. The first-order valence-corrected chi connectivity index (χ1v) is 4.27. The van der Waals surface area contributed by atoms with Crippen molar-refractivity contribution in [3.05, 3.63) is 0 Å². The van der Waals surface area contributed by atoms with Crippen LogP contribution in [0, 0.1) is 0 Å². The van der Waals surface area contributed by atoms with Crippen LogP contribution in [0.25, 0.3) is 0 Å². The molecule has 1 nitrogen and oxygen atoms in total. The van der Waals surface area contributed by atoms with Crippen molar-refractivity contribution in [3.63, 3.8) is 0 Å². The zero-order chi connectivity index (χ0) is 8.73. The molecule has 0 saturated carbocycles. The number of nitrogens with zero attached hydrogens (tertiary/aromatic N) is 1. The van der Waals surface area contributed by atoms with Gasteiger partial charge in [-0.05, 0) is 34.7 Å². The molecule has 0 aromatic heterocycles. The Morgan fingerprint density at radius 2 is 1.00 bits per heavy atom. The molecule has 0 aliphatic rings. The van der Waals surface area contributed by atoms with E-state index in [4.69, 9.17) is 0 Å². The maximum absolute atomic E-state index is 2.33. The highest BCUT2D eigenvalue weighted by Gasteiger charge is 2.04. The average Bonchev–Trinajstić information content (AvgIpc) is 1.90. The number of hydrogen-bond acceptors (Lipinski definition) is 1. The predicted molar refractivity (Wildman–Crippen MR) is 49.4 cm³/mol. The van der Waals surface area contributed by atoms with E-state index in [1.807, 2.05) is 13.8 Å². The molecular weight excluding hydrogens is 122 g/mol. The molecule has 1 heteroatoms. The SMILES string of the molecule is CC.CC(C)N(C)C(C)C. The molecule has 0 fully saturated rings. The fraction of sp³-hybridized carbons (Fsp3) is 1.00. The van der Waals surface area contributed by atoms with Gasteiger partial charge in [-0.3, -0.25) is 0 Å². The molecule has 0 saturated heterocycles. The molecule has 0 amide bonds. The van der Waals surface area contributed by atoms with E-state index < -0.39 is 0 Å². The zero-order valence-corrected chi connectivity index (χ0v) is 8.60. The van der Waals surface area contributed by atoms with Crippen molar-refractivity contribution in [1.29, 1.82) is 0 Å². The number of hydrogen-bond donors (Lipinski definition) is 0. The third-order valence-corrected chi connectivity index (χ3v) is 1.63. The molecule has 0 aliphatic carbocycles. The summed E-state index contributed by atoms with van der Waals surface area (Å²) in [5, 5.41) is 0. The quantitative estimate of drug-likeness (QED) is 0.577. The van der Waals surface area contributed by atoms with Gasteiger partial charge in [0, 0.05) is 12.1 Å². The van der Waals surface area contributed by atoms with Crippen molar-refractivity contribution in [2.24, 2.45) is 0 Å². The molecule has 0 aliphatic heterocycles. The van der Waals surface area contributed by atoms with Crippen molar-refractivity contribution in [2.45, 2.75) is 53.6 Å². The molecule has 0 aromatic rings. The normalized spacial score (nSPS) is 10.2. The minimum atomic E-state index is 0.676. The smallest absolute Gasteiger partial charge is 0.00382 e. The Morgan fingerprint density at radius 3 is 1.00 bits per heavy atom. The summed E-state index contributed by atoms with van der Waals surface area (Å²) in [5.41, 5.74) is 0. The van der Waals surface area contributed by atoms with Gasteiger partial charge in [0.05, 0.1) is 0 Å². The Hall–Kier alpha value is -0.0400. The summed E-state index contributed by atoms with van der Waals surface area (Å²) in [6.45, 7) is 12.8. The summed E-state index contributed by atoms with van der Waals surface area (Å²) >= 11 is 0. The molecule has 0 atom stereocenters. The second-order valence-electron chi connectivity index (χ2n) is 2.85. The minimum Gasteiger partial charge on any atom is -0.302 e. The van der Waals surface area contributed by atoms with Crippen LogP contribution in [0.5, 0.6) is 0 Å². The van der Waals surface area contributed by atoms with Crippen LogP contribution in [0.2, 0.25) is 0 Å². The predicted octanol–water partition coefficient (Wildman–Crippen LogP) is 2.76. The Kier molecular flexibility index (Phi) is 8.92. The lowest BCUT2D eigenvalue weighted by atomic mass is 10.3. The highest BCUT2D eigenvalue weighted by atomic mass is 15.1. The van der Waals surface area contributed by atoms with Crippen molar-refractivity contribution in [1.82, 2.24) is 4.90 Å². The van der Waals surface area contributed by atoms with Gasteiger partial charge >= 0.3 is 0 Å². The summed E-state index contributed by atoms with van der Waals surface area (Å²) < 4.78 is 0. The maximum Gasteiger partial charge on any atom is 0.00382 e. The second kappa shape index (κ2) is 7.07. The van der Waals surface area contributed by atoms with E-state index >= 15 is 0 Å². The molecule has 0 rings (SSSR count). The highest BCUT2D eigenvalue weighted by Crippen LogP contribution is 1.98. The van der Waals surface area contributed by atoms with Crippen LogP contribution in [0.1, 0.15) is 41.5 Å². The first-order valence-electron chi connectivity index (χ1n) is 4.27. The van der Waals surface area contributed by atoms with Crippen molar-refractivity contribution >= 4 is 0 Å². The molecule has 0 heterocycles. The standard InChI is InChI=1S/C7H17N.C2H6/c1-6(2)8(5)7(3)4;1-2/h6-7H,1-5H3;1-2H3.